The van der Waals surface area contributed by atoms with E-state index in [1.165, 1.54) is 19.9 Å². The number of nitrogen functional groups attached to an aromatic ring is 1. The van der Waals surface area contributed by atoms with Crippen LogP contribution < -0.4 is 5.73 Å². The first-order chi connectivity index (χ1) is 5.44. The van der Waals surface area contributed by atoms with Gasteiger partial charge in [0.15, 0.2) is 0 Å². The quantitative estimate of drug-likeness (QED) is 0.679. The molecule has 0 saturated heterocycles. The van der Waals surface area contributed by atoms with Crippen molar-refractivity contribution in [1.29, 1.82) is 0 Å². The van der Waals surface area contributed by atoms with Crippen LogP contribution in [0.4, 0.5) is 5.88 Å². The number of anilines is 1. The molecule has 0 aliphatic carbocycles. The Bertz CT molecular complexity index is 303. The fourth-order valence-electron chi connectivity index (χ4n) is 0.693. The summed E-state index contributed by atoms with van der Waals surface area (Å²) in [5.41, 5.74) is 4.53. The van der Waals surface area contributed by atoms with Crippen LogP contribution in [0.5, 0.6) is 0 Å². The third-order valence-corrected chi connectivity index (χ3v) is 1.70. The highest BCUT2D eigenvalue weighted by Crippen LogP contribution is 2.23. The van der Waals surface area contributed by atoms with Gasteiger partial charge in [-0.25, -0.2) is 0 Å². The van der Waals surface area contributed by atoms with E-state index in [4.69, 9.17) is 10.8 Å². The molecule has 1 aromatic heterocycles. The van der Waals surface area contributed by atoms with Crippen molar-refractivity contribution in [2.75, 3.05) is 5.73 Å². The van der Waals surface area contributed by atoms with Gasteiger partial charge in [-0.1, -0.05) is 5.16 Å². The minimum Gasteiger partial charge on any atom is -0.481 e. The Kier molecular flexibility index (Phi) is 1.79. The van der Waals surface area contributed by atoms with E-state index in [2.05, 4.69) is 9.68 Å². The average molecular weight is 170 g/mol. The van der Waals surface area contributed by atoms with Crippen LogP contribution in [0.3, 0.4) is 0 Å². The number of hydrogen-bond acceptors (Lipinski definition) is 4. The molecule has 0 spiro atoms. The highest BCUT2D eigenvalue weighted by Gasteiger charge is 2.32. The molecule has 0 atom stereocenters. The lowest BCUT2D eigenvalue weighted by Crippen LogP contribution is -2.28. The zero-order chi connectivity index (χ0) is 9.35. The number of aromatic nitrogens is 1. The van der Waals surface area contributed by atoms with Gasteiger partial charge in [0.1, 0.15) is 11.1 Å². The van der Waals surface area contributed by atoms with Gasteiger partial charge < -0.3 is 15.4 Å². The standard InChI is InChI=1S/C7H10N2O3/c1-7(2,6(10)11)4-3-5(8)12-9-4/h3H,8H2,1-2H3,(H,10,11). The summed E-state index contributed by atoms with van der Waals surface area (Å²) >= 11 is 0. The summed E-state index contributed by atoms with van der Waals surface area (Å²) in [5, 5.41) is 12.3. The van der Waals surface area contributed by atoms with Crippen LogP contribution in [-0.2, 0) is 10.2 Å². The number of aliphatic carboxylic acids is 1. The van der Waals surface area contributed by atoms with Crippen molar-refractivity contribution in [2.24, 2.45) is 0 Å². The molecule has 5 nitrogen and oxygen atoms in total. The number of carboxylic acids is 1. The van der Waals surface area contributed by atoms with E-state index >= 15 is 0 Å². The van der Waals surface area contributed by atoms with Gasteiger partial charge >= 0.3 is 5.97 Å². The molecule has 0 bridgehead atoms. The van der Waals surface area contributed by atoms with Gasteiger partial charge in [-0.2, -0.15) is 0 Å². The maximum Gasteiger partial charge on any atom is 0.315 e. The van der Waals surface area contributed by atoms with E-state index in [-0.39, 0.29) is 5.88 Å². The average Bonchev–Trinajstić information content (AvgIpc) is 2.35. The Morgan fingerprint density at radius 2 is 2.33 bits per heavy atom. The third-order valence-electron chi connectivity index (χ3n) is 1.70. The second kappa shape index (κ2) is 2.51. The Morgan fingerprint density at radius 1 is 1.75 bits per heavy atom. The largest absolute Gasteiger partial charge is 0.481 e. The van der Waals surface area contributed by atoms with Crippen LogP contribution in [0.15, 0.2) is 10.6 Å². The van der Waals surface area contributed by atoms with E-state index in [1.807, 2.05) is 0 Å². The van der Waals surface area contributed by atoms with Gasteiger partial charge in [0.2, 0.25) is 5.88 Å². The predicted molar refractivity (Wildman–Crippen MR) is 41.6 cm³/mol. The second-order valence-electron chi connectivity index (χ2n) is 3.04. The zero-order valence-electron chi connectivity index (χ0n) is 6.87. The first-order valence-electron chi connectivity index (χ1n) is 3.40. The van der Waals surface area contributed by atoms with Crippen molar-refractivity contribution < 1.29 is 14.4 Å². The van der Waals surface area contributed by atoms with E-state index < -0.39 is 11.4 Å². The van der Waals surface area contributed by atoms with Crippen molar-refractivity contribution in [2.45, 2.75) is 19.3 Å². The van der Waals surface area contributed by atoms with Crippen molar-refractivity contribution in [3.8, 4) is 0 Å². The maximum atomic E-state index is 10.7. The predicted octanol–water partition coefficient (Wildman–Crippen LogP) is 0.619. The normalized spacial score (nSPS) is 11.5. The minimum absolute atomic E-state index is 0.124. The van der Waals surface area contributed by atoms with E-state index in [9.17, 15) is 4.79 Å². The maximum absolute atomic E-state index is 10.7. The molecule has 0 radical (unpaired) electrons. The molecule has 0 unspecified atom stereocenters. The van der Waals surface area contributed by atoms with E-state index in [1.54, 1.807) is 0 Å². The van der Waals surface area contributed by atoms with Gasteiger partial charge in [0.25, 0.3) is 0 Å². The molecule has 0 saturated carbocycles. The SMILES string of the molecule is CC(C)(C(=O)O)c1cc(N)on1. The van der Waals surface area contributed by atoms with Crippen molar-refractivity contribution in [3.05, 3.63) is 11.8 Å². The van der Waals surface area contributed by atoms with Crippen LogP contribution in [0.2, 0.25) is 0 Å². The number of hydrogen-bond donors (Lipinski definition) is 2. The molecule has 0 aliphatic heterocycles. The summed E-state index contributed by atoms with van der Waals surface area (Å²) in [6.07, 6.45) is 0. The van der Waals surface area contributed by atoms with Crippen molar-refractivity contribution >= 4 is 11.9 Å². The molecule has 5 heteroatoms. The smallest absolute Gasteiger partial charge is 0.315 e. The van der Waals surface area contributed by atoms with Gasteiger partial charge in [-0.15, -0.1) is 0 Å². The van der Waals surface area contributed by atoms with Gasteiger partial charge in [-0.3, -0.25) is 4.79 Å². The number of nitrogens with two attached hydrogens (primary N) is 1. The molecule has 66 valence electrons. The van der Waals surface area contributed by atoms with Crippen LogP contribution in [0.1, 0.15) is 19.5 Å². The van der Waals surface area contributed by atoms with Crippen LogP contribution >= 0.6 is 0 Å². The first kappa shape index (κ1) is 8.58. The summed E-state index contributed by atoms with van der Waals surface area (Å²) in [6.45, 7) is 3.07. The molecule has 0 aromatic carbocycles. The molecule has 3 N–H and O–H groups in total. The lowest BCUT2D eigenvalue weighted by Gasteiger charge is -2.14. The van der Waals surface area contributed by atoms with E-state index in [0.717, 1.165) is 0 Å². The third kappa shape index (κ3) is 1.25. The fraction of sp³-hybridized carbons (Fsp3) is 0.429. The molecule has 1 heterocycles. The summed E-state index contributed by atoms with van der Waals surface area (Å²) in [6, 6.07) is 1.41. The molecule has 0 aliphatic rings. The Labute approximate surface area is 69.2 Å². The van der Waals surface area contributed by atoms with Crippen LogP contribution in [-0.4, -0.2) is 16.2 Å². The van der Waals surface area contributed by atoms with Gasteiger partial charge in [-0.05, 0) is 13.8 Å². The molecule has 0 fully saturated rings. The number of carbonyl (C=O) groups is 1. The van der Waals surface area contributed by atoms with E-state index in [0.29, 0.717) is 5.69 Å². The fourth-order valence-corrected chi connectivity index (χ4v) is 0.693. The van der Waals surface area contributed by atoms with Crippen LogP contribution in [0.25, 0.3) is 0 Å². The lowest BCUT2D eigenvalue weighted by molar-refractivity contribution is -0.142. The highest BCUT2D eigenvalue weighted by atomic mass is 16.5. The molecule has 1 aromatic rings. The Hall–Kier alpha value is -1.52. The minimum atomic E-state index is -1.05. The number of rotatable bonds is 2. The summed E-state index contributed by atoms with van der Waals surface area (Å²) in [4.78, 5) is 10.7. The second-order valence-corrected chi connectivity index (χ2v) is 3.04. The lowest BCUT2D eigenvalue weighted by atomic mass is 9.90. The molecular weight excluding hydrogens is 160 g/mol. The topological polar surface area (TPSA) is 89.3 Å². The first-order valence-corrected chi connectivity index (χ1v) is 3.40. The van der Waals surface area contributed by atoms with Crippen molar-refractivity contribution in [3.63, 3.8) is 0 Å². The molecular formula is C7H10N2O3. The van der Waals surface area contributed by atoms with Gasteiger partial charge in [0.05, 0.1) is 0 Å². The number of nitrogens with zero attached hydrogens (tertiary/aromatic N) is 1. The number of carboxylic acid groups (broad SMARTS) is 1. The molecule has 12 heavy (non-hydrogen) atoms. The Balaban J connectivity index is 3.05. The summed E-state index contributed by atoms with van der Waals surface area (Å²) in [5.74, 6) is -0.838. The Morgan fingerprint density at radius 3 is 2.67 bits per heavy atom. The highest BCUT2D eigenvalue weighted by molar-refractivity contribution is 5.79. The monoisotopic (exact) mass is 170 g/mol. The summed E-state index contributed by atoms with van der Waals surface area (Å²) in [7, 11) is 0. The summed E-state index contributed by atoms with van der Waals surface area (Å²) < 4.78 is 4.57. The molecule has 1 rings (SSSR count). The van der Waals surface area contributed by atoms with Gasteiger partial charge in [0, 0.05) is 6.07 Å². The molecule has 0 amide bonds. The van der Waals surface area contributed by atoms with Crippen LogP contribution in [0, 0.1) is 0 Å². The zero-order valence-corrected chi connectivity index (χ0v) is 6.87. The van der Waals surface area contributed by atoms with Crippen molar-refractivity contribution in [1.82, 2.24) is 5.16 Å².